The third kappa shape index (κ3) is 4.36. The fourth-order valence-electron chi connectivity index (χ4n) is 1.59. The molecule has 0 saturated heterocycles. The summed E-state index contributed by atoms with van der Waals surface area (Å²) in [4.78, 5) is 13.6. The van der Waals surface area contributed by atoms with Gasteiger partial charge in [-0.2, -0.15) is 0 Å². The van der Waals surface area contributed by atoms with Crippen molar-refractivity contribution in [3.8, 4) is 12.3 Å². The second-order valence-electron chi connectivity index (χ2n) is 4.74. The van der Waals surface area contributed by atoms with E-state index in [0.717, 1.165) is 18.6 Å². The first-order chi connectivity index (χ1) is 8.95. The van der Waals surface area contributed by atoms with Gasteiger partial charge in [-0.3, -0.25) is 4.79 Å². The van der Waals surface area contributed by atoms with Crippen LogP contribution in [0.4, 0.5) is 8.78 Å². The molecule has 0 heterocycles. The van der Waals surface area contributed by atoms with E-state index in [-0.39, 0.29) is 18.0 Å². The van der Waals surface area contributed by atoms with Crippen molar-refractivity contribution in [1.29, 1.82) is 0 Å². The molecule has 0 N–H and O–H groups in total. The van der Waals surface area contributed by atoms with Gasteiger partial charge in [0.25, 0.3) is 5.91 Å². The van der Waals surface area contributed by atoms with Gasteiger partial charge in [-0.05, 0) is 30.5 Å². The predicted molar refractivity (Wildman–Crippen MR) is 70.5 cm³/mol. The monoisotopic (exact) mass is 265 g/mol. The fourth-order valence-corrected chi connectivity index (χ4v) is 1.59. The zero-order chi connectivity index (χ0) is 14.4. The third-order valence-corrected chi connectivity index (χ3v) is 2.71. The highest BCUT2D eigenvalue weighted by Crippen LogP contribution is 2.12. The van der Waals surface area contributed by atoms with E-state index < -0.39 is 11.6 Å². The Bertz CT molecular complexity index is 491. The maximum Gasteiger partial charge on any atom is 0.254 e. The standard InChI is InChI=1S/C15H17F2NO/c1-4-8-18(9-7-11(2)3)15(19)12-5-6-13(16)14(17)10-12/h1,5-6,10-11H,7-9H2,2-3H3. The largest absolute Gasteiger partial charge is 0.327 e. The first kappa shape index (κ1) is 15.2. The number of terminal acetylenes is 1. The van der Waals surface area contributed by atoms with E-state index in [1.807, 2.05) is 13.8 Å². The number of hydrogen-bond donors (Lipinski definition) is 0. The lowest BCUT2D eigenvalue weighted by molar-refractivity contribution is 0.0769. The van der Waals surface area contributed by atoms with Crippen LogP contribution in [0.1, 0.15) is 30.6 Å². The minimum Gasteiger partial charge on any atom is -0.327 e. The molecule has 0 aliphatic carbocycles. The van der Waals surface area contributed by atoms with Crippen LogP contribution in [-0.2, 0) is 0 Å². The molecule has 0 spiro atoms. The maximum atomic E-state index is 13.1. The van der Waals surface area contributed by atoms with Gasteiger partial charge in [-0.25, -0.2) is 8.78 Å². The number of hydrogen-bond acceptors (Lipinski definition) is 1. The van der Waals surface area contributed by atoms with E-state index >= 15 is 0 Å². The molecule has 0 bridgehead atoms. The molecule has 0 saturated carbocycles. The van der Waals surface area contributed by atoms with Crippen molar-refractivity contribution in [1.82, 2.24) is 4.90 Å². The van der Waals surface area contributed by atoms with Gasteiger partial charge in [0.05, 0.1) is 6.54 Å². The minimum absolute atomic E-state index is 0.109. The molecule has 1 rings (SSSR count). The summed E-state index contributed by atoms with van der Waals surface area (Å²) < 4.78 is 25.9. The van der Waals surface area contributed by atoms with Crippen LogP contribution < -0.4 is 0 Å². The zero-order valence-electron chi connectivity index (χ0n) is 11.1. The van der Waals surface area contributed by atoms with Crippen molar-refractivity contribution < 1.29 is 13.6 Å². The average molecular weight is 265 g/mol. The Morgan fingerprint density at radius 1 is 1.37 bits per heavy atom. The van der Waals surface area contributed by atoms with Gasteiger partial charge in [0, 0.05) is 12.1 Å². The summed E-state index contributed by atoms with van der Waals surface area (Å²) in [5, 5.41) is 0. The maximum absolute atomic E-state index is 13.1. The molecule has 102 valence electrons. The number of rotatable bonds is 5. The summed E-state index contributed by atoms with van der Waals surface area (Å²) in [6.45, 7) is 4.73. The van der Waals surface area contributed by atoms with Crippen LogP contribution in [0.2, 0.25) is 0 Å². The molecule has 0 aliphatic rings. The summed E-state index contributed by atoms with van der Waals surface area (Å²) >= 11 is 0. The van der Waals surface area contributed by atoms with Gasteiger partial charge in [0.2, 0.25) is 0 Å². The highest BCUT2D eigenvalue weighted by molar-refractivity contribution is 5.94. The molecule has 0 unspecified atom stereocenters. The smallest absolute Gasteiger partial charge is 0.254 e. The fraction of sp³-hybridized carbons (Fsp3) is 0.400. The molecule has 0 fully saturated rings. The lowest BCUT2D eigenvalue weighted by atomic mass is 10.1. The van der Waals surface area contributed by atoms with E-state index in [1.165, 1.54) is 11.0 Å². The van der Waals surface area contributed by atoms with Gasteiger partial charge in [-0.15, -0.1) is 6.42 Å². The lowest BCUT2D eigenvalue weighted by Gasteiger charge is -2.21. The molecule has 19 heavy (non-hydrogen) atoms. The molecule has 0 atom stereocenters. The molecule has 0 radical (unpaired) electrons. The normalized spacial score (nSPS) is 10.3. The van der Waals surface area contributed by atoms with Crippen LogP contribution in [0.5, 0.6) is 0 Å². The number of halogens is 2. The second kappa shape index (κ2) is 6.89. The Hall–Kier alpha value is -1.89. The highest BCUT2D eigenvalue weighted by Gasteiger charge is 2.16. The molecular formula is C15H17F2NO. The Balaban J connectivity index is 2.86. The van der Waals surface area contributed by atoms with Crippen molar-refractivity contribution in [2.75, 3.05) is 13.1 Å². The lowest BCUT2D eigenvalue weighted by Crippen LogP contribution is -2.33. The van der Waals surface area contributed by atoms with Gasteiger partial charge in [-0.1, -0.05) is 19.8 Å². The Morgan fingerprint density at radius 3 is 2.58 bits per heavy atom. The Kier molecular flexibility index (Phi) is 5.50. The van der Waals surface area contributed by atoms with Crippen LogP contribution in [-0.4, -0.2) is 23.9 Å². The molecule has 2 nitrogen and oxygen atoms in total. The van der Waals surface area contributed by atoms with Crippen LogP contribution in [0.25, 0.3) is 0 Å². The van der Waals surface area contributed by atoms with Crippen molar-refractivity contribution in [3.05, 3.63) is 35.4 Å². The number of nitrogens with zero attached hydrogens (tertiary/aromatic N) is 1. The first-order valence-corrected chi connectivity index (χ1v) is 6.13. The second-order valence-corrected chi connectivity index (χ2v) is 4.74. The quantitative estimate of drug-likeness (QED) is 0.749. The summed E-state index contributed by atoms with van der Waals surface area (Å²) in [5.41, 5.74) is 0.109. The van der Waals surface area contributed by atoms with E-state index in [9.17, 15) is 13.6 Å². The molecule has 4 heteroatoms. The first-order valence-electron chi connectivity index (χ1n) is 6.13. The Morgan fingerprint density at radius 2 is 2.05 bits per heavy atom. The molecular weight excluding hydrogens is 248 g/mol. The number of carbonyl (C=O) groups excluding carboxylic acids is 1. The summed E-state index contributed by atoms with van der Waals surface area (Å²) in [7, 11) is 0. The minimum atomic E-state index is -1.03. The van der Waals surface area contributed by atoms with Crippen LogP contribution in [0.15, 0.2) is 18.2 Å². The van der Waals surface area contributed by atoms with Crippen molar-refractivity contribution in [2.45, 2.75) is 20.3 Å². The van der Waals surface area contributed by atoms with Crippen molar-refractivity contribution >= 4 is 5.91 Å². The molecule has 1 aromatic rings. The molecule has 0 aromatic heterocycles. The van der Waals surface area contributed by atoms with Crippen LogP contribution in [0.3, 0.4) is 0 Å². The number of amides is 1. The van der Waals surface area contributed by atoms with Crippen LogP contribution >= 0.6 is 0 Å². The van der Waals surface area contributed by atoms with Gasteiger partial charge in [0.1, 0.15) is 0 Å². The van der Waals surface area contributed by atoms with Gasteiger partial charge >= 0.3 is 0 Å². The van der Waals surface area contributed by atoms with Gasteiger partial charge < -0.3 is 4.90 Å². The topological polar surface area (TPSA) is 20.3 Å². The zero-order valence-corrected chi connectivity index (χ0v) is 11.1. The predicted octanol–water partition coefficient (Wildman–Crippen LogP) is 3.09. The van der Waals surface area contributed by atoms with Crippen LogP contribution in [0, 0.1) is 29.9 Å². The van der Waals surface area contributed by atoms with E-state index in [0.29, 0.717) is 12.5 Å². The summed E-state index contributed by atoms with van der Waals surface area (Å²) in [6, 6.07) is 3.11. The summed E-state index contributed by atoms with van der Waals surface area (Å²) in [5.74, 6) is 0.455. The molecule has 0 aliphatic heterocycles. The Labute approximate surface area is 112 Å². The molecule has 1 aromatic carbocycles. The number of carbonyl (C=O) groups is 1. The summed E-state index contributed by atoms with van der Waals surface area (Å²) in [6.07, 6.45) is 6.03. The highest BCUT2D eigenvalue weighted by atomic mass is 19.2. The van der Waals surface area contributed by atoms with E-state index in [2.05, 4.69) is 5.92 Å². The van der Waals surface area contributed by atoms with E-state index in [4.69, 9.17) is 6.42 Å². The van der Waals surface area contributed by atoms with Gasteiger partial charge in [0.15, 0.2) is 11.6 Å². The van der Waals surface area contributed by atoms with E-state index in [1.54, 1.807) is 0 Å². The molecule has 1 amide bonds. The van der Waals surface area contributed by atoms with Crippen molar-refractivity contribution in [3.63, 3.8) is 0 Å². The number of benzene rings is 1. The SMILES string of the molecule is C#CCN(CCC(C)C)C(=O)c1ccc(F)c(F)c1. The third-order valence-electron chi connectivity index (χ3n) is 2.71. The average Bonchev–Trinajstić information content (AvgIpc) is 2.36. The van der Waals surface area contributed by atoms with Crippen molar-refractivity contribution in [2.24, 2.45) is 5.92 Å².